The van der Waals surface area contributed by atoms with Crippen LogP contribution in [0.25, 0.3) is 0 Å². The fraction of sp³-hybridized carbons (Fsp3) is 0.500. The maximum atomic E-state index is 13.2. The van der Waals surface area contributed by atoms with Gasteiger partial charge in [0.25, 0.3) is 0 Å². The molecule has 34 heavy (non-hydrogen) atoms. The van der Waals surface area contributed by atoms with Crippen LogP contribution >= 0.6 is 27.3 Å². The standard InChI is InChI=1S/C26H32BrN3O3S/c1-26(2,3)30(12-9-7-5-6-8-10-21-16-28-18-34-21)25(32)24(31)29-13-11-19-15-23(33-4)22(27)14-20(19)17-29/h14-16,18H,5-7,9,11-13,17H2,1-4H3. The van der Waals surface area contributed by atoms with Crippen LogP contribution in [0.5, 0.6) is 5.75 Å². The number of methoxy groups -OCH3 is 1. The zero-order valence-corrected chi connectivity index (χ0v) is 22.7. The van der Waals surface area contributed by atoms with Crippen LogP contribution in [0.2, 0.25) is 0 Å². The minimum atomic E-state index is -0.428. The van der Waals surface area contributed by atoms with E-state index in [0.717, 1.165) is 51.9 Å². The van der Waals surface area contributed by atoms with Gasteiger partial charge in [0.15, 0.2) is 0 Å². The van der Waals surface area contributed by atoms with E-state index in [4.69, 9.17) is 4.74 Å². The second-order valence-electron chi connectivity index (χ2n) is 9.34. The maximum absolute atomic E-state index is 13.2. The Labute approximate surface area is 214 Å². The predicted molar refractivity (Wildman–Crippen MR) is 139 cm³/mol. The fourth-order valence-electron chi connectivity index (χ4n) is 3.97. The molecule has 0 N–H and O–H groups in total. The van der Waals surface area contributed by atoms with E-state index in [9.17, 15) is 9.59 Å². The molecule has 1 aliphatic heterocycles. The van der Waals surface area contributed by atoms with Gasteiger partial charge in [-0.3, -0.25) is 14.6 Å². The summed E-state index contributed by atoms with van der Waals surface area (Å²) in [5, 5.41) is 0. The smallest absolute Gasteiger partial charge is 0.312 e. The summed E-state index contributed by atoms with van der Waals surface area (Å²) in [6.45, 7) is 7.45. The Bertz CT molecular complexity index is 1070. The van der Waals surface area contributed by atoms with Crippen LogP contribution in [0.15, 0.2) is 28.3 Å². The Morgan fingerprint density at radius 1 is 1.24 bits per heavy atom. The van der Waals surface area contributed by atoms with Crippen molar-refractivity contribution < 1.29 is 14.3 Å². The van der Waals surface area contributed by atoms with Crippen molar-refractivity contribution in [3.63, 3.8) is 0 Å². The van der Waals surface area contributed by atoms with E-state index in [1.807, 2.05) is 32.9 Å². The molecule has 0 bridgehead atoms. The third-order valence-corrected chi connectivity index (χ3v) is 7.15. The highest BCUT2D eigenvalue weighted by atomic mass is 79.9. The molecule has 0 saturated carbocycles. The lowest BCUT2D eigenvalue weighted by Crippen LogP contribution is -2.53. The number of benzene rings is 1. The summed E-state index contributed by atoms with van der Waals surface area (Å²) in [4.78, 5) is 34.8. The van der Waals surface area contributed by atoms with Gasteiger partial charge in [0.05, 0.1) is 28.2 Å². The fourth-order valence-corrected chi connectivity index (χ4v) is 5.01. The molecule has 0 spiro atoms. The van der Waals surface area contributed by atoms with Gasteiger partial charge >= 0.3 is 11.8 Å². The Balaban J connectivity index is 1.55. The number of hydrogen-bond donors (Lipinski definition) is 0. The maximum Gasteiger partial charge on any atom is 0.312 e. The summed E-state index contributed by atoms with van der Waals surface area (Å²) in [6, 6.07) is 3.99. The van der Waals surface area contributed by atoms with E-state index in [2.05, 4.69) is 32.8 Å². The summed E-state index contributed by atoms with van der Waals surface area (Å²) in [5.41, 5.74) is 3.55. The molecular formula is C26H32BrN3O3S. The second kappa shape index (κ2) is 11.9. The molecule has 3 rings (SSSR count). The Morgan fingerprint density at radius 3 is 2.71 bits per heavy atom. The van der Waals surface area contributed by atoms with Crippen LogP contribution in [0.4, 0.5) is 0 Å². The molecular weight excluding hydrogens is 514 g/mol. The number of ether oxygens (including phenoxy) is 1. The van der Waals surface area contributed by atoms with Gasteiger partial charge in [0, 0.05) is 31.6 Å². The first-order chi connectivity index (χ1) is 16.2. The number of nitrogens with zero attached hydrogens (tertiary/aromatic N) is 3. The van der Waals surface area contributed by atoms with Crippen LogP contribution in [-0.2, 0) is 22.6 Å². The van der Waals surface area contributed by atoms with E-state index >= 15 is 0 Å². The average Bonchev–Trinajstić information content (AvgIpc) is 3.32. The molecule has 182 valence electrons. The molecule has 1 aromatic carbocycles. The Hall–Kier alpha value is -2.37. The number of aromatic nitrogens is 1. The first-order valence-electron chi connectivity index (χ1n) is 11.5. The topological polar surface area (TPSA) is 62.7 Å². The van der Waals surface area contributed by atoms with Gasteiger partial charge in [0.2, 0.25) is 0 Å². The Morgan fingerprint density at radius 2 is 2.03 bits per heavy atom. The molecule has 0 radical (unpaired) electrons. The van der Waals surface area contributed by atoms with Crippen molar-refractivity contribution >= 4 is 39.1 Å². The highest BCUT2D eigenvalue weighted by Gasteiger charge is 2.34. The number of halogens is 1. The quantitative estimate of drug-likeness (QED) is 0.290. The lowest BCUT2D eigenvalue weighted by atomic mass is 9.99. The minimum absolute atomic E-state index is 0.423. The van der Waals surface area contributed by atoms with Gasteiger partial charge in [-0.1, -0.05) is 18.3 Å². The molecule has 0 aliphatic carbocycles. The van der Waals surface area contributed by atoms with Crippen molar-refractivity contribution in [3.05, 3.63) is 44.3 Å². The largest absolute Gasteiger partial charge is 0.496 e. The minimum Gasteiger partial charge on any atom is -0.496 e. The highest BCUT2D eigenvalue weighted by molar-refractivity contribution is 9.10. The van der Waals surface area contributed by atoms with Crippen LogP contribution in [0.1, 0.15) is 62.5 Å². The number of hydrogen-bond acceptors (Lipinski definition) is 5. The summed E-state index contributed by atoms with van der Waals surface area (Å²) >= 11 is 5.06. The molecule has 6 nitrogen and oxygen atoms in total. The van der Waals surface area contributed by atoms with Crippen molar-refractivity contribution in [2.75, 3.05) is 20.2 Å². The van der Waals surface area contributed by atoms with Gasteiger partial charge in [-0.25, -0.2) is 0 Å². The normalized spacial score (nSPS) is 13.0. The lowest BCUT2D eigenvalue weighted by Gasteiger charge is -2.37. The van der Waals surface area contributed by atoms with Crippen molar-refractivity contribution in [3.8, 4) is 17.6 Å². The predicted octanol–water partition coefficient (Wildman–Crippen LogP) is 5.04. The van der Waals surface area contributed by atoms with Gasteiger partial charge < -0.3 is 14.5 Å². The van der Waals surface area contributed by atoms with Crippen molar-refractivity contribution in [2.45, 2.75) is 65.0 Å². The Kier molecular flexibility index (Phi) is 9.15. The third kappa shape index (κ3) is 6.83. The summed E-state index contributed by atoms with van der Waals surface area (Å²) in [6.07, 6.45) is 6.06. The van der Waals surface area contributed by atoms with Crippen LogP contribution in [0, 0.1) is 11.8 Å². The summed E-state index contributed by atoms with van der Waals surface area (Å²) in [7, 11) is 1.64. The van der Waals surface area contributed by atoms with E-state index in [0.29, 0.717) is 26.1 Å². The molecule has 0 saturated heterocycles. The molecule has 2 amide bonds. The van der Waals surface area contributed by atoms with Gasteiger partial charge in [-0.2, -0.15) is 0 Å². The molecule has 1 aliphatic rings. The molecule has 0 atom stereocenters. The van der Waals surface area contributed by atoms with Crippen LogP contribution < -0.4 is 4.74 Å². The van der Waals surface area contributed by atoms with Crippen LogP contribution in [0.3, 0.4) is 0 Å². The first kappa shape index (κ1) is 26.2. The second-order valence-corrected chi connectivity index (χ2v) is 11.1. The summed E-state index contributed by atoms with van der Waals surface area (Å²) < 4.78 is 6.23. The zero-order valence-electron chi connectivity index (χ0n) is 20.3. The van der Waals surface area contributed by atoms with E-state index in [-0.39, 0.29) is 0 Å². The highest BCUT2D eigenvalue weighted by Crippen LogP contribution is 2.31. The monoisotopic (exact) mass is 545 g/mol. The zero-order chi connectivity index (χ0) is 24.7. The third-order valence-electron chi connectivity index (χ3n) is 5.84. The molecule has 8 heteroatoms. The van der Waals surface area contributed by atoms with Gasteiger partial charge in [0.1, 0.15) is 5.75 Å². The van der Waals surface area contributed by atoms with Crippen molar-refractivity contribution in [1.29, 1.82) is 0 Å². The molecule has 0 fully saturated rings. The number of fused-ring (bicyclic) bond motifs is 1. The summed E-state index contributed by atoms with van der Waals surface area (Å²) in [5.74, 6) is 6.22. The van der Waals surface area contributed by atoms with Crippen molar-refractivity contribution in [1.82, 2.24) is 14.8 Å². The number of rotatable bonds is 6. The van der Waals surface area contributed by atoms with Gasteiger partial charge in [-0.05, 0) is 79.2 Å². The van der Waals surface area contributed by atoms with E-state index in [1.54, 1.807) is 40.0 Å². The molecule has 2 aromatic rings. The SMILES string of the molecule is COc1cc2c(cc1Br)CN(C(=O)C(=O)N(CCCCCC#Cc1cncs1)C(C)(C)C)CC2. The molecule has 2 heterocycles. The lowest BCUT2D eigenvalue weighted by molar-refractivity contribution is -0.155. The van der Waals surface area contributed by atoms with Crippen molar-refractivity contribution in [2.24, 2.45) is 0 Å². The molecule has 1 aromatic heterocycles. The van der Waals surface area contributed by atoms with E-state index in [1.165, 1.54) is 0 Å². The van der Waals surface area contributed by atoms with E-state index < -0.39 is 17.4 Å². The number of carbonyl (C=O) groups excluding carboxylic acids is 2. The van der Waals surface area contributed by atoms with Gasteiger partial charge in [-0.15, -0.1) is 11.3 Å². The number of carbonyl (C=O) groups is 2. The first-order valence-corrected chi connectivity index (χ1v) is 13.2. The average molecular weight is 547 g/mol. The number of thiazole rings is 1. The number of unbranched alkanes of at least 4 members (excludes halogenated alkanes) is 3. The number of amides is 2. The van der Waals surface area contributed by atoms with Crippen LogP contribution in [-0.4, -0.2) is 52.3 Å². The molecule has 0 unspecified atom stereocenters.